The fraction of sp³-hybridized carbons (Fsp3) is 0.231. The molecule has 0 spiro atoms. The smallest absolute Gasteiger partial charge is 0.242 e. The highest BCUT2D eigenvalue weighted by Crippen LogP contribution is 2.12. The van der Waals surface area contributed by atoms with Crippen LogP contribution in [0.25, 0.3) is 0 Å². The summed E-state index contributed by atoms with van der Waals surface area (Å²) in [5.41, 5.74) is 0.841. The molecule has 0 bridgehead atoms. The summed E-state index contributed by atoms with van der Waals surface area (Å²) in [6.45, 7) is 1.93. The molecular weight excluding hydrogens is 269 g/mol. The highest BCUT2D eigenvalue weighted by molar-refractivity contribution is 6.30. The maximum absolute atomic E-state index is 12.8. The first-order chi connectivity index (χ1) is 9.04. The number of rotatable bonds is 4. The molecule has 0 unspecified atom stereocenters. The summed E-state index contributed by atoms with van der Waals surface area (Å²) in [6.07, 6.45) is 3.04. The van der Waals surface area contributed by atoms with E-state index in [2.05, 4.69) is 10.4 Å². The number of nitrogens with zero attached hydrogens (tertiary/aromatic N) is 2. The molecule has 2 aromatic rings. The minimum atomic E-state index is -0.298. The summed E-state index contributed by atoms with van der Waals surface area (Å²) in [7, 11) is 0. The number of carbonyl (C=O) groups is 1. The van der Waals surface area contributed by atoms with Crippen molar-refractivity contribution in [1.29, 1.82) is 0 Å². The van der Waals surface area contributed by atoms with Crippen LogP contribution in [0.4, 0.5) is 4.39 Å². The number of aromatic nitrogens is 2. The largest absolute Gasteiger partial charge is 0.348 e. The Kier molecular flexibility index (Phi) is 4.16. The van der Waals surface area contributed by atoms with Crippen molar-refractivity contribution < 1.29 is 9.18 Å². The van der Waals surface area contributed by atoms with Crippen LogP contribution in [0.3, 0.4) is 0 Å². The lowest BCUT2D eigenvalue weighted by Gasteiger charge is -2.14. The van der Waals surface area contributed by atoms with E-state index in [-0.39, 0.29) is 24.3 Å². The molecule has 6 heteroatoms. The molecule has 0 radical (unpaired) electrons. The van der Waals surface area contributed by atoms with Gasteiger partial charge in [0.1, 0.15) is 12.4 Å². The zero-order valence-electron chi connectivity index (χ0n) is 10.3. The third kappa shape index (κ3) is 3.79. The van der Waals surface area contributed by atoms with Crippen molar-refractivity contribution in [1.82, 2.24) is 15.1 Å². The molecule has 100 valence electrons. The van der Waals surface area contributed by atoms with Crippen molar-refractivity contribution >= 4 is 17.5 Å². The number of amides is 1. The molecule has 1 atom stereocenters. The Hall–Kier alpha value is -1.88. The predicted octanol–water partition coefficient (Wildman–Crippen LogP) is 2.55. The van der Waals surface area contributed by atoms with E-state index >= 15 is 0 Å². The lowest BCUT2D eigenvalue weighted by atomic mass is 10.1. The average molecular weight is 282 g/mol. The third-order valence-corrected chi connectivity index (χ3v) is 2.85. The van der Waals surface area contributed by atoms with Gasteiger partial charge in [-0.25, -0.2) is 4.39 Å². The first-order valence-electron chi connectivity index (χ1n) is 5.77. The van der Waals surface area contributed by atoms with E-state index in [1.807, 2.05) is 6.92 Å². The van der Waals surface area contributed by atoms with Gasteiger partial charge in [0, 0.05) is 6.20 Å². The molecule has 0 aliphatic rings. The molecule has 0 saturated carbocycles. The van der Waals surface area contributed by atoms with Crippen LogP contribution >= 0.6 is 11.6 Å². The zero-order chi connectivity index (χ0) is 13.8. The standard InChI is InChI=1S/C13H13ClFN3O/c1-9(10-2-4-12(15)5-3-10)17-13(19)8-18-7-11(14)6-16-18/h2-7,9H,8H2,1H3,(H,17,19)/t9-/m1/s1. The van der Waals surface area contributed by atoms with Gasteiger partial charge in [-0.1, -0.05) is 23.7 Å². The number of carbonyl (C=O) groups excluding carboxylic acids is 1. The van der Waals surface area contributed by atoms with Gasteiger partial charge < -0.3 is 5.32 Å². The molecule has 0 aliphatic heterocycles. The molecule has 1 N–H and O–H groups in total. The average Bonchev–Trinajstić information content (AvgIpc) is 2.75. The fourth-order valence-electron chi connectivity index (χ4n) is 1.69. The number of halogens is 2. The summed E-state index contributed by atoms with van der Waals surface area (Å²) in [6, 6.07) is 5.83. The van der Waals surface area contributed by atoms with Crippen molar-refractivity contribution in [2.75, 3.05) is 0 Å². The van der Waals surface area contributed by atoms with E-state index in [4.69, 9.17) is 11.6 Å². The van der Waals surface area contributed by atoms with Crippen molar-refractivity contribution in [2.24, 2.45) is 0 Å². The maximum atomic E-state index is 12.8. The van der Waals surface area contributed by atoms with E-state index in [9.17, 15) is 9.18 Å². The van der Waals surface area contributed by atoms with Gasteiger partial charge in [0.05, 0.1) is 17.3 Å². The molecule has 1 amide bonds. The van der Waals surface area contributed by atoms with Gasteiger partial charge in [-0.15, -0.1) is 0 Å². The number of benzene rings is 1. The normalized spacial score (nSPS) is 12.2. The van der Waals surface area contributed by atoms with Gasteiger partial charge in [0.25, 0.3) is 0 Å². The lowest BCUT2D eigenvalue weighted by molar-refractivity contribution is -0.122. The van der Waals surface area contributed by atoms with Crippen molar-refractivity contribution in [3.63, 3.8) is 0 Å². The Morgan fingerprint density at radius 1 is 1.47 bits per heavy atom. The van der Waals surface area contributed by atoms with Gasteiger partial charge in [-0.3, -0.25) is 9.48 Å². The predicted molar refractivity (Wildman–Crippen MR) is 70.2 cm³/mol. The third-order valence-electron chi connectivity index (χ3n) is 2.65. The molecule has 1 aromatic carbocycles. The highest BCUT2D eigenvalue weighted by Gasteiger charge is 2.10. The maximum Gasteiger partial charge on any atom is 0.242 e. The molecular formula is C13H13ClFN3O. The minimum Gasteiger partial charge on any atom is -0.348 e. The number of hydrogen-bond acceptors (Lipinski definition) is 2. The summed E-state index contributed by atoms with van der Waals surface area (Å²) < 4.78 is 14.2. The fourth-order valence-corrected chi connectivity index (χ4v) is 1.85. The SMILES string of the molecule is C[C@@H](NC(=O)Cn1cc(Cl)cn1)c1ccc(F)cc1. The molecule has 2 rings (SSSR count). The van der Waals surface area contributed by atoms with Crippen LogP contribution in [0.15, 0.2) is 36.7 Å². The molecule has 0 aliphatic carbocycles. The zero-order valence-corrected chi connectivity index (χ0v) is 11.1. The monoisotopic (exact) mass is 281 g/mol. The first-order valence-corrected chi connectivity index (χ1v) is 6.15. The highest BCUT2D eigenvalue weighted by atomic mass is 35.5. The molecule has 4 nitrogen and oxygen atoms in total. The van der Waals surface area contributed by atoms with Crippen molar-refractivity contribution in [2.45, 2.75) is 19.5 Å². The quantitative estimate of drug-likeness (QED) is 0.936. The second kappa shape index (κ2) is 5.84. The van der Waals surface area contributed by atoms with Crippen molar-refractivity contribution in [3.8, 4) is 0 Å². The van der Waals surface area contributed by atoms with E-state index in [1.165, 1.54) is 23.0 Å². The Labute approximate surface area is 115 Å². The van der Waals surface area contributed by atoms with Gasteiger partial charge in [-0.05, 0) is 24.6 Å². The van der Waals surface area contributed by atoms with Gasteiger partial charge in [0.2, 0.25) is 5.91 Å². The second-order valence-electron chi connectivity index (χ2n) is 4.20. The Morgan fingerprint density at radius 3 is 2.74 bits per heavy atom. The van der Waals surface area contributed by atoms with Crippen molar-refractivity contribution in [3.05, 3.63) is 53.1 Å². The molecule has 1 aromatic heterocycles. The number of nitrogens with one attached hydrogen (secondary N) is 1. The number of hydrogen-bond donors (Lipinski definition) is 1. The topological polar surface area (TPSA) is 46.9 Å². The van der Waals surface area contributed by atoms with Crippen LogP contribution in [-0.2, 0) is 11.3 Å². The van der Waals surface area contributed by atoms with Crippen LogP contribution in [0.1, 0.15) is 18.5 Å². The molecule has 0 fully saturated rings. The molecule has 19 heavy (non-hydrogen) atoms. The van der Waals surface area contributed by atoms with Gasteiger partial charge in [-0.2, -0.15) is 5.10 Å². The Bertz CT molecular complexity index is 568. The van der Waals surface area contributed by atoms with E-state index in [0.29, 0.717) is 5.02 Å². The van der Waals surface area contributed by atoms with Gasteiger partial charge in [0.15, 0.2) is 0 Å². The van der Waals surface area contributed by atoms with Gasteiger partial charge >= 0.3 is 0 Å². The molecule has 1 heterocycles. The van der Waals surface area contributed by atoms with E-state index < -0.39 is 0 Å². The van der Waals surface area contributed by atoms with Crippen LogP contribution in [0.5, 0.6) is 0 Å². The Balaban J connectivity index is 1.93. The minimum absolute atomic E-state index is 0.0955. The lowest BCUT2D eigenvalue weighted by Crippen LogP contribution is -2.30. The van der Waals surface area contributed by atoms with E-state index in [1.54, 1.807) is 18.3 Å². The van der Waals surface area contributed by atoms with Crippen LogP contribution in [0, 0.1) is 5.82 Å². The summed E-state index contributed by atoms with van der Waals surface area (Å²) in [4.78, 5) is 11.8. The summed E-state index contributed by atoms with van der Waals surface area (Å²) in [5.74, 6) is -0.481. The van der Waals surface area contributed by atoms with Crippen LogP contribution in [0.2, 0.25) is 5.02 Å². The molecule has 0 saturated heterocycles. The summed E-state index contributed by atoms with van der Waals surface area (Å²) in [5, 5.41) is 7.22. The second-order valence-corrected chi connectivity index (χ2v) is 4.63. The first kappa shape index (κ1) is 13.5. The van der Waals surface area contributed by atoms with Crippen LogP contribution in [-0.4, -0.2) is 15.7 Å². The van der Waals surface area contributed by atoms with E-state index in [0.717, 1.165) is 5.56 Å². The summed E-state index contributed by atoms with van der Waals surface area (Å²) >= 11 is 5.71. The van der Waals surface area contributed by atoms with Crippen LogP contribution < -0.4 is 5.32 Å². The Morgan fingerprint density at radius 2 is 2.16 bits per heavy atom.